The Bertz CT molecular complexity index is 1390. The summed E-state index contributed by atoms with van der Waals surface area (Å²) in [4.78, 5) is 20.0. The number of nitrogens with zero attached hydrogens (tertiary/aromatic N) is 5. The van der Waals surface area contributed by atoms with Crippen LogP contribution in [0.2, 0.25) is 0 Å². The predicted octanol–water partition coefficient (Wildman–Crippen LogP) is 3.46. The molecule has 1 amide bonds. The molecule has 3 aromatic heterocycles. The summed E-state index contributed by atoms with van der Waals surface area (Å²) in [6.07, 6.45) is 8.99. The van der Waals surface area contributed by atoms with Crippen LogP contribution in [0.3, 0.4) is 0 Å². The first-order valence-electron chi connectivity index (χ1n) is 10.4. The minimum atomic E-state index is -0.662. The number of carbonyl (C=O) groups excluding carboxylic acids is 1. The molecule has 10 heteroatoms. The third-order valence-corrected chi connectivity index (χ3v) is 5.58. The van der Waals surface area contributed by atoms with Gasteiger partial charge in [-0.1, -0.05) is 6.58 Å². The van der Waals surface area contributed by atoms with Gasteiger partial charge in [0.05, 0.1) is 35.7 Å². The van der Waals surface area contributed by atoms with Gasteiger partial charge in [0.1, 0.15) is 0 Å². The molecule has 0 saturated heterocycles. The number of benzene rings is 1. The molecule has 0 aliphatic heterocycles. The summed E-state index contributed by atoms with van der Waals surface area (Å²) in [5.41, 5.74) is 2.22. The van der Waals surface area contributed by atoms with Gasteiger partial charge in [0.15, 0.2) is 11.6 Å². The summed E-state index contributed by atoms with van der Waals surface area (Å²) >= 11 is 0. The lowest BCUT2D eigenvalue weighted by molar-refractivity contribution is -0.111. The van der Waals surface area contributed by atoms with E-state index in [9.17, 15) is 14.3 Å². The lowest BCUT2D eigenvalue weighted by atomic mass is 10.2. The van der Waals surface area contributed by atoms with E-state index in [4.69, 9.17) is 0 Å². The number of carbonyl (C=O) groups is 1. The molecule has 1 aromatic carbocycles. The lowest BCUT2D eigenvalue weighted by Gasteiger charge is -2.09. The van der Waals surface area contributed by atoms with Crippen molar-refractivity contribution in [3.63, 3.8) is 0 Å². The normalized spacial score (nSPS) is 14.3. The van der Waals surface area contributed by atoms with Crippen molar-refractivity contribution >= 4 is 34.1 Å². The fraction of sp³-hybridized carbons (Fsp3) is 0.217. The van der Waals surface area contributed by atoms with Crippen LogP contribution in [-0.4, -0.2) is 40.9 Å². The molecule has 33 heavy (non-hydrogen) atoms. The number of anilines is 3. The highest BCUT2D eigenvalue weighted by atomic mass is 19.1. The van der Waals surface area contributed by atoms with Gasteiger partial charge in [0.2, 0.25) is 11.9 Å². The highest BCUT2D eigenvalue weighted by Gasteiger charge is 2.40. The highest BCUT2D eigenvalue weighted by molar-refractivity contribution is 6.00. The second-order valence-electron chi connectivity index (χ2n) is 8.25. The number of hydrogen-bond acceptors (Lipinski definition) is 6. The van der Waals surface area contributed by atoms with Gasteiger partial charge in [-0.2, -0.15) is 10.1 Å². The predicted molar refractivity (Wildman–Crippen MR) is 122 cm³/mol. The molecule has 0 unspecified atom stereocenters. The van der Waals surface area contributed by atoms with Gasteiger partial charge in [-0.25, -0.2) is 9.37 Å². The first-order chi connectivity index (χ1) is 15.8. The van der Waals surface area contributed by atoms with Crippen molar-refractivity contribution < 1.29 is 14.3 Å². The van der Waals surface area contributed by atoms with Crippen molar-refractivity contribution in [1.29, 1.82) is 0 Å². The van der Waals surface area contributed by atoms with E-state index in [-0.39, 0.29) is 17.7 Å². The maximum atomic E-state index is 14.7. The van der Waals surface area contributed by atoms with Crippen molar-refractivity contribution in [3.8, 4) is 5.82 Å². The summed E-state index contributed by atoms with van der Waals surface area (Å²) in [6, 6.07) is 5.35. The third kappa shape index (κ3) is 4.20. The Morgan fingerprint density at radius 2 is 2.12 bits per heavy atom. The van der Waals surface area contributed by atoms with Crippen LogP contribution in [0.25, 0.3) is 16.7 Å². The van der Waals surface area contributed by atoms with E-state index in [0.29, 0.717) is 17.9 Å². The Morgan fingerprint density at radius 1 is 1.30 bits per heavy atom. The summed E-state index contributed by atoms with van der Waals surface area (Å²) in [5.74, 6) is -0.578. The smallest absolute Gasteiger partial charge is 0.247 e. The molecule has 0 bridgehead atoms. The monoisotopic (exact) mass is 447 g/mol. The van der Waals surface area contributed by atoms with Crippen LogP contribution in [0.15, 0.2) is 55.6 Å². The topological polar surface area (TPSA) is 110 Å². The average Bonchev–Trinajstić information content (AvgIpc) is 3.21. The first-order valence-corrected chi connectivity index (χ1v) is 10.4. The van der Waals surface area contributed by atoms with E-state index in [1.807, 2.05) is 13.0 Å². The van der Waals surface area contributed by atoms with Crippen molar-refractivity contribution in [2.75, 3.05) is 10.6 Å². The molecular weight excluding hydrogens is 425 g/mol. The van der Waals surface area contributed by atoms with Crippen LogP contribution in [0.1, 0.15) is 18.4 Å². The number of hydrogen-bond donors (Lipinski definition) is 3. The Balaban J connectivity index is 1.44. The van der Waals surface area contributed by atoms with Gasteiger partial charge in [-0.15, -0.1) is 0 Å². The van der Waals surface area contributed by atoms with E-state index in [1.54, 1.807) is 40.0 Å². The Labute approximate surface area is 188 Å². The number of aryl methyl sites for hydroxylation is 1. The largest absolute Gasteiger partial charge is 0.388 e. The number of fused-ring (bicyclic) bond motifs is 1. The van der Waals surface area contributed by atoms with E-state index < -0.39 is 11.4 Å². The molecular formula is C23H22FN7O2. The Kier molecular flexibility index (Phi) is 4.94. The third-order valence-electron chi connectivity index (χ3n) is 5.58. The first kappa shape index (κ1) is 20.8. The van der Waals surface area contributed by atoms with Crippen LogP contribution >= 0.6 is 0 Å². The average molecular weight is 447 g/mol. The van der Waals surface area contributed by atoms with Crippen molar-refractivity contribution in [2.45, 2.75) is 31.9 Å². The fourth-order valence-electron chi connectivity index (χ4n) is 3.68. The molecule has 1 saturated carbocycles. The number of amides is 1. The molecule has 1 aliphatic carbocycles. The Hall–Kier alpha value is -4.05. The minimum absolute atomic E-state index is 0.0909. The molecule has 0 radical (unpaired) electrons. The van der Waals surface area contributed by atoms with Gasteiger partial charge in [-0.05, 0) is 49.6 Å². The zero-order valence-electron chi connectivity index (χ0n) is 17.9. The zero-order valence-corrected chi connectivity index (χ0v) is 17.9. The fourth-order valence-corrected chi connectivity index (χ4v) is 3.68. The second-order valence-corrected chi connectivity index (χ2v) is 8.25. The molecule has 9 nitrogen and oxygen atoms in total. The van der Waals surface area contributed by atoms with E-state index in [0.717, 1.165) is 35.5 Å². The standard InChI is InChI=1S/C23H22FN7O2/c1-3-20(32)27-15-4-5-19-17(8-15)14(2)11-31(19)21-18(24)10-25-22(29-21)28-16-9-26-30(12-16)13-23(33)6-7-23/h3-5,8-12,33H,1,6-7,13H2,2H3,(H,27,32)(H,25,28,29). The number of aliphatic hydroxyl groups is 1. The van der Waals surface area contributed by atoms with Gasteiger partial charge < -0.3 is 15.7 Å². The molecule has 1 aliphatic rings. The summed E-state index contributed by atoms with van der Waals surface area (Å²) in [7, 11) is 0. The number of rotatable bonds is 7. The number of nitrogens with one attached hydrogen (secondary N) is 2. The van der Waals surface area contributed by atoms with Gasteiger partial charge in [-0.3, -0.25) is 14.0 Å². The van der Waals surface area contributed by atoms with Crippen LogP contribution < -0.4 is 10.6 Å². The maximum absolute atomic E-state index is 14.7. The van der Waals surface area contributed by atoms with Gasteiger partial charge in [0, 0.05) is 23.5 Å². The molecule has 4 aromatic rings. The van der Waals surface area contributed by atoms with E-state index >= 15 is 0 Å². The summed E-state index contributed by atoms with van der Waals surface area (Å²) < 4.78 is 18.0. The van der Waals surface area contributed by atoms with Gasteiger partial charge >= 0.3 is 0 Å². The summed E-state index contributed by atoms with van der Waals surface area (Å²) in [5, 5.41) is 20.9. The molecule has 5 rings (SSSR count). The number of halogens is 1. The van der Waals surface area contributed by atoms with Crippen molar-refractivity contribution in [2.24, 2.45) is 0 Å². The maximum Gasteiger partial charge on any atom is 0.247 e. The van der Waals surface area contributed by atoms with Gasteiger partial charge in [0.25, 0.3) is 0 Å². The quantitative estimate of drug-likeness (QED) is 0.374. The van der Waals surface area contributed by atoms with Crippen molar-refractivity contribution in [1.82, 2.24) is 24.3 Å². The van der Waals surface area contributed by atoms with Crippen LogP contribution in [0.4, 0.5) is 21.7 Å². The zero-order chi connectivity index (χ0) is 23.2. The SMILES string of the molecule is C=CC(=O)Nc1ccc2c(c1)c(C)cn2-c1nc(Nc2cnn(CC3(O)CC3)c2)ncc1F. The van der Waals surface area contributed by atoms with Crippen molar-refractivity contribution in [3.05, 3.63) is 67.0 Å². The molecule has 168 valence electrons. The Morgan fingerprint density at radius 3 is 2.88 bits per heavy atom. The summed E-state index contributed by atoms with van der Waals surface area (Å²) in [6.45, 7) is 5.78. The van der Waals surface area contributed by atoms with E-state index in [2.05, 4.69) is 32.3 Å². The molecule has 3 heterocycles. The molecule has 0 spiro atoms. The second kappa shape index (κ2) is 7.82. The highest BCUT2D eigenvalue weighted by Crippen LogP contribution is 2.36. The van der Waals surface area contributed by atoms with E-state index in [1.165, 1.54) is 6.08 Å². The molecule has 1 fully saturated rings. The van der Waals surface area contributed by atoms with Crippen LogP contribution in [0.5, 0.6) is 0 Å². The molecule has 0 atom stereocenters. The minimum Gasteiger partial charge on any atom is -0.388 e. The molecule has 3 N–H and O–H groups in total. The number of aromatic nitrogens is 5. The van der Waals surface area contributed by atoms with Crippen LogP contribution in [-0.2, 0) is 11.3 Å². The lowest BCUT2D eigenvalue weighted by Crippen LogP contribution is -2.17. The van der Waals surface area contributed by atoms with Crippen LogP contribution in [0, 0.1) is 12.7 Å².